The van der Waals surface area contributed by atoms with Crippen molar-refractivity contribution < 1.29 is 9.18 Å². The van der Waals surface area contributed by atoms with E-state index in [-0.39, 0.29) is 24.0 Å². The van der Waals surface area contributed by atoms with Crippen LogP contribution in [0.3, 0.4) is 0 Å². The van der Waals surface area contributed by atoms with Crippen LogP contribution in [0.1, 0.15) is 23.0 Å². The second-order valence-corrected chi connectivity index (χ2v) is 5.06. The van der Waals surface area contributed by atoms with Gasteiger partial charge < -0.3 is 11.1 Å². The maximum atomic E-state index is 13.1. The molecule has 0 aliphatic heterocycles. The Morgan fingerprint density at radius 1 is 1.55 bits per heavy atom. The zero-order chi connectivity index (χ0) is 14.7. The van der Waals surface area contributed by atoms with Gasteiger partial charge in [0.25, 0.3) is 5.91 Å². The number of nitrogens with two attached hydrogens (primary N) is 1. The number of aromatic nitrogens is 2. The molecule has 1 aromatic heterocycles. The van der Waals surface area contributed by atoms with Crippen LogP contribution in [0.15, 0.2) is 28.9 Å². The van der Waals surface area contributed by atoms with Crippen molar-refractivity contribution in [2.75, 3.05) is 5.73 Å². The molecule has 0 saturated carbocycles. The van der Waals surface area contributed by atoms with Crippen LogP contribution >= 0.6 is 15.9 Å². The topological polar surface area (TPSA) is 72.9 Å². The summed E-state index contributed by atoms with van der Waals surface area (Å²) < 4.78 is 15.5. The van der Waals surface area contributed by atoms with E-state index in [1.807, 2.05) is 6.92 Å². The minimum atomic E-state index is -0.383. The standard InChI is InChI=1S/C13H14BrFN4O/c1-2-19-7-11(16)12(18-19)13(20)17-6-8-5-9(15)3-4-10(8)14/h3-5,7H,2,6,16H2,1H3,(H,17,20). The molecule has 0 radical (unpaired) electrons. The fourth-order valence-corrected chi connectivity index (χ4v) is 2.10. The number of nitrogens with zero attached hydrogens (tertiary/aromatic N) is 2. The van der Waals surface area contributed by atoms with Gasteiger partial charge in [-0.1, -0.05) is 15.9 Å². The number of nitrogens with one attached hydrogen (secondary N) is 1. The zero-order valence-electron chi connectivity index (χ0n) is 10.9. The van der Waals surface area contributed by atoms with E-state index in [4.69, 9.17) is 5.73 Å². The lowest BCUT2D eigenvalue weighted by atomic mass is 10.2. The first-order chi connectivity index (χ1) is 9.51. The molecule has 2 rings (SSSR count). The summed E-state index contributed by atoms with van der Waals surface area (Å²) in [7, 11) is 0. The Morgan fingerprint density at radius 3 is 2.95 bits per heavy atom. The van der Waals surface area contributed by atoms with Gasteiger partial charge in [0.15, 0.2) is 5.69 Å². The third kappa shape index (κ3) is 3.16. The molecule has 2 aromatic rings. The van der Waals surface area contributed by atoms with E-state index in [0.717, 1.165) is 4.47 Å². The lowest BCUT2D eigenvalue weighted by Crippen LogP contribution is -2.24. The maximum absolute atomic E-state index is 13.1. The van der Waals surface area contributed by atoms with Crippen molar-refractivity contribution in [3.8, 4) is 0 Å². The summed E-state index contributed by atoms with van der Waals surface area (Å²) in [4.78, 5) is 12.0. The highest BCUT2D eigenvalue weighted by atomic mass is 79.9. The summed E-state index contributed by atoms with van der Waals surface area (Å²) in [6.07, 6.45) is 1.60. The average molecular weight is 341 g/mol. The number of benzene rings is 1. The molecular formula is C13H14BrFN4O. The van der Waals surface area contributed by atoms with Gasteiger partial charge in [0.2, 0.25) is 0 Å². The van der Waals surface area contributed by atoms with Crippen LogP contribution in [0, 0.1) is 5.82 Å². The van der Waals surface area contributed by atoms with Gasteiger partial charge in [-0.3, -0.25) is 9.48 Å². The van der Waals surface area contributed by atoms with Crippen molar-refractivity contribution in [1.82, 2.24) is 15.1 Å². The van der Waals surface area contributed by atoms with Gasteiger partial charge in [0.05, 0.1) is 5.69 Å². The van der Waals surface area contributed by atoms with Crippen molar-refractivity contribution in [2.45, 2.75) is 20.0 Å². The molecule has 0 unspecified atom stereocenters. The Hall–Kier alpha value is -1.89. The van der Waals surface area contributed by atoms with Gasteiger partial charge >= 0.3 is 0 Å². The molecule has 0 fully saturated rings. The molecule has 20 heavy (non-hydrogen) atoms. The minimum Gasteiger partial charge on any atom is -0.396 e. The summed E-state index contributed by atoms with van der Waals surface area (Å²) in [5.41, 5.74) is 6.87. The van der Waals surface area contributed by atoms with Crippen LogP contribution in [0.2, 0.25) is 0 Å². The molecule has 3 N–H and O–H groups in total. The van der Waals surface area contributed by atoms with Crippen molar-refractivity contribution in [3.05, 3.63) is 45.9 Å². The molecule has 106 valence electrons. The quantitative estimate of drug-likeness (QED) is 0.896. The van der Waals surface area contributed by atoms with Gasteiger partial charge in [-0.2, -0.15) is 5.10 Å². The van der Waals surface area contributed by atoms with Crippen molar-refractivity contribution in [1.29, 1.82) is 0 Å². The molecule has 0 aliphatic carbocycles. The number of anilines is 1. The molecule has 0 aliphatic rings. The molecule has 7 heteroatoms. The summed E-state index contributed by atoms with van der Waals surface area (Å²) >= 11 is 3.30. The number of amides is 1. The Kier molecular flexibility index (Phi) is 4.39. The largest absolute Gasteiger partial charge is 0.396 e. The van der Waals surface area contributed by atoms with E-state index in [1.54, 1.807) is 16.9 Å². The van der Waals surface area contributed by atoms with Gasteiger partial charge in [0.1, 0.15) is 5.82 Å². The lowest BCUT2D eigenvalue weighted by molar-refractivity contribution is 0.0946. The van der Waals surface area contributed by atoms with Crippen LogP contribution < -0.4 is 11.1 Å². The third-order valence-electron chi connectivity index (χ3n) is 2.78. The van der Waals surface area contributed by atoms with Crippen LogP contribution in [-0.2, 0) is 13.1 Å². The minimum absolute atomic E-state index is 0.180. The fraction of sp³-hybridized carbons (Fsp3) is 0.231. The Balaban J connectivity index is 2.08. The predicted molar refractivity (Wildman–Crippen MR) is 77.6 cm³/mol. The predicted octanol–water partition coefficient (Wildman–Crippen LogP) is 2.32. The van der Waals surface area contributed by atoms with Crippen LogP contribution in [-0.4, -0.2) is 15.7 Å². The average Bonchev–Trinajstić information content (AvgIpc) is 2.81. The Labute approximate surface area is 124 Å². The van der Waals surface area contributed by atoms with E-state index in [9.17, 15) is 9.18 Å². The summed E-state index contributed by atoms with van der Waals surface area (Å²) in [6.45, 7) is 2.72. The van der Waals surface area contributed by atoms with Gasteiger partial charge in [-0.25, -0.2) is 4.39 Å². The Morgan fingerprint density at radius 2 is 2.30 bits per heavy atom. The molecule has 1 heterocycles. The normalized spacial score (nSPS) is 10.6. The summed E-state index contributed by atoms with van der Waals surface area (Å²) in [5, 5.41) is 6.74. The van der Waals surface area contributed by atoms with E-state index >= 15 is 0 Å². The van der Waals surface area contributed by atoms with Crippen molar-refractivity contribution >= 4 is 27.5 Å². The smallest absolute Gasteiger partial charge is 0.274 e. The maximum Gasteiger partial charge on any atom is 0.274 e. The number of carbonyl (C=O) groups excluding carboxylic acids is 1. The molecule has 0 spiro atoms. The second kappa shape index (κ2) is 6.04. The van der Waals surface area contributed by atoms with Crippen LogP contribution in [0.4, 0.5) is 10.1 Å². The van der Waals surface area contributed by atoms with Gasteiger partial charge in [-0.15, -0.1) is 0 Å². The molecular weight excluding hydrogens is 327 g/mol. The molecule has 1 aromatic carbocycles. The van der Waals surface area contributed by atoms with Crippen LogP contribution in [0.5, 0.6) is 0 Å². The number of rotatable bonds is 4. The first-order valence-corrected chi connectivity index (χ1v) is 6.85. The van der Waals surface area contributed by atoms with Crippen molar-refractivity contribution in [2.24, 2.45) is 0 Å². The van der Waals surface area contributed by atoms with E-state index in [1.165, 1.54) is 12.1 Å². The van der Waals surface area contributed by atoms with Gasteiger partial charge in [-0.05, 0) is 30.7 Å². The highest BCUT2D eigenvalue weighted by Crippen LogP contribution is 2.18. The highest BCUT2D eigenvalue weighted by molar-refractivity contribution is 9.10. The third-order valence-corrected chi connectivity index (χ3v) is 3.55. The van der Waals surface area contributed by atoms with E-state index in [0.29, 0.717) is 17.8 Å². The first-order valence-electron chi connectivity index (χ1n) is 6.06. The number of carbonyl (C=O) groups is 1. The number of nitrogen functional groups attached to an aromatic ring is 1. The lowest BCUT2D eigenvalue weighted by Gasteiger charge is -2.06. The zero-order valence-corrected chi connectivity index (χ0v) is 12.4. The first kappa shape index (κ1) is 14.5. The number of aryl methyl sites for hydroxylation is 1. The van der Waals surface area contributed by atoms with Crippen LogP contribution in [0.25, 0.3) is 0 Å². The van der Waals surface area contributed by atoms with E-state index < -0.39 is 0 Å². The van der Waals surface area contributed by atoms with Gasteiger partial charge in [0, 0.05) is 23.8 Å². The fourth-order valence-electron chi connectivity index (χ4n) is 1.71. The number of hydrogen-bond donors (Lipinski definition) is 2. The SMILES string of the molecule is CCn1cc(N)c(C(=O)NCc2cc(F)ccc2Br)n1. The number of hydrogen-bond acceptors (Lipinski definition) is 3. The molecule has 0 bridgehead atoms. The molecule has 5 nitrogen and oxygen atoms in total. The number of halogens is 2. The van der Waals surface area contributed by atoms with E-state index in [2.05, 4.69) is 26.3 Å². The Bertz CT molecular complexity index is 641. The highest BCUT2D eigenvalue weighted by Gasteiger charge is 2.14. The molecule has 0 saturated heterocycles. The monoisotopic (exact) mass is 340 g/mol. The summed E-state index contributed by atoms with van der Waals surface area (Å²) in [5.74, 6) is -0.738. The summed E-state index contributed by atoms with van der Waals surface area (Å²) in [6, 6.07) is 4.30. The second-order valence-electron chi connectivity index (χ2n) is 4.21. The molecule has 0 atom stereocenters. The molecule has 1 amide bonds. The van der Waals surface area contributed by atoms with Crippen molar-refractivity contribution in [3.63, 3.8) is 0 Å².